The lowest BCUT2D eigenvalue weighted by molar-refractivity contribution is 0.0145. The number of rotatable bonds is 6. The third-order valence-electron chi connectivity index (χ3n) is 3.26. The monoisotopic (exact) mass is 216 g/mol. The molecule has 1 saturated heterocycles. The number of methoxy groups -OCH3 is 1. The molecule has 4 heteroatoms. The van der Waals surface area contributed by atoms with E-state index in [1.165, 1.54) is 0 Å². The summed E-state index contributed by atoms with van der Waals surface area (Å²) in [6, 6.07) is 0.453. The minimum absolute atomic E-state index is 0.453. The zero-order valence-electron chi connectivity index (χ0n) is 10.1. The Hall–Kier alpha value is -0.160. The second kappa shape index (κ2) is 5.80. The Bertz CT molecular complexity index is 181. The average Bonchev–Trinajstić information content (AvgIpc) is 2.61. The molecule has 0 saturated carbocycles. The molecule has 4 nitrogen and oxygen atoms in total. The second-order valence-electron chi connectivity index (χ2n) is 4.70. The predicted octanol–water partition coefficient (Wildman–Crippen LogP) is 0.0676. The third-order valence-corrected chi connectivity index (χ3v) is 3.26. The molecule has 0 aliphatic carbocycles. The van der Waals surface area contributed by atoms with Crippen molar-refractivity contribution in [2.24, 2.45) is 0 Å². The van der Waals surface area contributed by atoms with Crippen molar-refractivity contribution in [3.63, 3.8) is 0 Å². The first kappa shape index (κ1) is 12.9. The second-order valence-corrected chi connectivity index (χ2v) is 4.70. The molecule has 90 valence electrons. The average molecular weight is 216 g/mol. The van der Waals surface area contributed by atoms with E-state index in [0.717, 1.165) is 32.5 Å². The van der Waals surface area contributed by atoms with Crippen LogP contribution in [0.5, 0.6) is 0 Å². The van der Waals surface area contributed by atoms with Crippen LogP contribution in [-0.2, 0) is 4.74 Å². The highest BCUT2D eigenvalue weighted by Crippen LogP contribution is 2.17. The van der Waals surface area contributed by atoms with Gasteiger partial charge in [0.1, 0.15) is 0 Å². The van der Waals surface area contributed by atoms with Gasteiger partial charge in [-0.2, -0.15) is 0 Å². The highest BCUT2D eigenvalue weighted by Gasteiger charge is 2.32. The first-order valence-corrected chi connectivity index (χ1v) is 5.70. The van der Waals surface area contributed by atoms with Crippen molar-refractivity contribution in [2.75, 3.05) is 40.4 Å². The Morgan fingerprint density at radius 1 is 1.60 bits per heavy atom. The van der Waals surface area contributed by atoms with Gasteiger partial charge in [0, 0.05) is 32.8 Å². The van der Waals surface area contributed by atoms with E-state index >= 15 is 0 Å². The smallest absolute Gasteiger partial charge is 0.0909 e. The maximum atomic E-state index is 10.2. The molecule has 15 heavy (non-hydrogen) atoms. The van der Waals surface area contributed by atoms with Crippen LogP contribution in [0, 0.1) is 0 Å². The Kier molecular flexibility index (Phi) is 4.99. The quantitative estimate of drug-likeness (QED) is 0.659. The minimum Gasteiger partial charge on any atom is -0.387 e. The summed E-state index contributed by atoms with van der Waals surface area (Å²) in [6.07, 6.45) is 1.87. The van der Waals surface area contributed by atoms with Gasteiger partial charge in [0.25, 0.3) is 0 Å². The molecular formula is C11H24N2O2. The van der Waals surface area contributed by atoms with Crippen molar-refractivity contribution in [3.05, 3.63) is 0 Å². The van der Waals surface area contributed by atoms with Gasteiger partial charge in [-0.15, -0.1) is 0 Å². The van der Waals surface area contributed by atoms with Crippen LogP contribution in [0.25, 0.3) is 0 Å². The molecule has 0 amide bonds. The van der Waals surface area contributed by atoms with E-state index in [-0.39, 0.29) is 0 Å². The standard InChI is InChI=1S/C11H24N2O2/c1-10(4-7-15-3)13(2)9-11(14)5-6-12-8-11/h10,12,14H,4-9H2,1-3H3. The molecule has 0 aromatic carbocycles. The van der Waals surface area contributed by atoms with Crippen molar-refractivity contribution in [2.45, 2.75) is 31.4 Å². The van der Waals surface area contributed by atoms with Crippen LogP contribution in [0.1, 0.15) is 19.8 Å². The summed E-state index contributed by atoms with van der Waals surface area (Å²) in [6.45, 7) is 5.34. The molecule has 2 atom stereocenters. The Labute approximate surface area is 92.6 Å². The number of aliphatic hydroxyl groups is 1. The number of likely N-dealkylation sites (N-methyl/N-ethyl adjacent to an activating group) is 1. The van der Waals surface area contributed by atoms with Gasteiger partial charge in [-0.25, -0.2) is 0 Å². The highest BCUT2D eigenvalue weighted by molar-refractivity contribution is 4.90. The summed E-state index contributed by atoms with van der Waals surface area (Å²) in [7, 11) is 3.79. The van der Waals surface area contributed by atoms with Crippen LogP contribution in [0.4, 0.5) is 0 Å². The molecule has 2 unspecified atom stereocenters. The summed E-state index contributed by atoms with van der Waals surface area (Å²) >= 11 is 0. The molecule has 0 radical (unpaired) electrons. The first-order chi connectivity index (χ1) is 7.07. The van der Waals surface area contributed by atoms with Crippen LogP contribution >= 0.6 is 0 Å². The number of β-amino-alcohol motifs (C(OH)–C–C–N with tert-alkyl or cyclic N) is 1. The molecule has 1 fully saturated rings. The van der Waals surface area contributed by atoms with E-state index < -0.39 is 5.60 Å². The highest BCUT2D eigenvalue weighted by atomic mass is 16.5. The van der Waals surface area contributed by atoms with Crippen molar-refractivity contribution >= 4 is 0 Å². The summed E-state index contributed by atoms with van der Waals surface area (Å²) in [5, 5.41) is 13.4. The number of ether oxygens (including phenoxy) is 1. The van der Waals surface area contributed by atoms with Gasteiger partial charge < -0.3 is 20.1 Å². The van der Waals surface area contributed by atoms with Crippen molar-refractivity contribution in [1.82, 2.24) is 10.2 Å². The van der Waals surface area contributed by atoms with E-state index in [2.05, 4.69) is 24.2 Å². The molecule has 1 aliphatic rings. The van der Waals surface area contributed by atoms with Gasteiger partial charge in [-0.3, -0.25) is 0 Å². The molecular weight excluding hydrogens is 192 g/mol. The molecule has 1 aliphatic heterocycles. The van der Waals surface area contributed by atoms with Crippen LogP contribution in [-0.4, -0.2) is 62.0 Å². The normalized spacial score (nSPS) is 28.6. The number of hydrogen-bond acceptors (Lipinski definition) is 4. The fraction of sp³-hybridized carbons (Fsp3) is 1.00. The molecule has 0 bridgehead atoms. The summed E-state index contributed by atoms with van der Waals surface area (Å²) in [5.74, 6) is 0. The largest absolute Gasteiger partial charge is 0.387 e. The van der Waals surface area contributed by atoms with Crippen LogP contribution < -0.4 is 5.32 Å². The van der Waals surface area contributed by atoms with Gasteiger partial charge in [-0.1, -0.05) is 0 Å². The molecule has 0 spiro atoms. The molecule has 2 N–H and O–H groups in total. The van der Waals surface area contributed by atoms with Crippen molar-refractivity contribution in [3.8, 4) is 0 Å². The number of nitrogens with zero attached hydrogens (tertiary/aromatic N) is 1. The topological polar surface area (TPSA) is 44.7 Å². The maximum absolute atomic E-state index is 10.2. The Morgan fingerprint density at radius 2 is 2.33 bits per heavy atom. The van der Waals surface area contributed by atoms with E-state index in [1.54, 1.807) is 7.11 Å². The van der Waals surface area contributed by atoms with Gasteiger partial charge >= 0.3 is 0 Å². The van der Waals surface area contributed by atoms with E-state index in [1.807, 2.05) is 0 Å². The van der Waals surface area contributed by atoms with Crippen LogP contribution in [0.3, 0.4) is 0 Å². The molecule has 1 rings (SSSR count). The van der Waals surface area contributed by atoms with Gasteiger partial charge in [0.2, 0.25) is 0 Å². The van der Waals surface area contributed by atoms with E-state index in [0.29, 0.717) is 12.6 Å². The third kappa shape index (κ3) is 4.07. The molecule has 0 aromatic rings. The van der Waals surface area contributed by atoms with E-state index in [9.17, 15) is 5.11 Å². The zero-order valence-corrected chi connectivity index (χ0v) is 10.1. The SMILES string of the molecule is COCCC(C)N(C)CC1(O)CCNC1. The first-order valence-electron chi connectivity index (χ1n) is 5.70. The Balaban J connectivity index is 2.30. The van der Waals surface area contributed by atoms with Crippen molar-refractivity contribution < 1.29 is 9.84 Å². The van der Waals surface area contributed by atoms with Gasteiger partial charge in [0.05, 0.1) is 5.60 Å². The molecule has 1 heterocycles. The minimum atomic E-state index is -0.532. The summed E-state index contributed by atoms with van der Waals surface area (Å²) in [4.78, 5) is 2.21. The summed E-state index contributed by atoms with van der Waals surface area (Å²) < 4.78 is 5.06. The van der Waals surface area contributed by atoms with Crippen LogP contribution in [0.15, 0.2) is 0 Å². The van der Waals surface area contributed by atoms with Crippen LogP contribution in [0.2, 0.25) is 0 Å². The fourth-order valence-electron chi connectivity index (χ4n) is 1.99. The number of hydrogen-bond donors (Lipinski definition) is 2. The lowest BCUT2D eigenvalue weighted by atomic mass is 10.0. The fourth-order valence-corrected chi connectivity index (χ4v) is 1.99. The molecule has 0 aromatic heterocycles. The zero-order chi connectivity index (χ0) is 11.3. The van der Waals surface area contributed by atoms with E-state index in [4.69, 9.17) is 4.74 Å². The lowest BCUT2D eigenvalue weighted by Gasteiger charge is -2.32. The Morgan fingerprint density at radius 3 is 2.87 bits per heavy atom. The van der Waals surface area contributed by atoms with Gasteiger partial charge in [-0.05, 0) is 33.4 Å². The number of nitrogens with one attached hydrogen (secondary N) is 1. The predicted molar refractivity (Wildman–Crippen MR) is 61.0 cm³/mol. The van der Waals surface area contributed by atoms with Gasteiger partial charge in [0.15, 0.2) is 0 Å². The lowest BCUT2D eigenvalue weighted by Crippen LogP contribution is -2.46. The van der Waals surface area contributed by atoms with Crippen molar-refractivity contribution in [1.29, 1.82) is 0 Å². The maximum Gasteiger partial charge on any atom is 0.0909 e. The summed E-state index contributed by atoms with van der Waals surface area (Å²) in [5.41, 5.74) is -0.532.